The van der Waals surface area contributed by atoms with Crippen molar-refractivity contribution < 1.29 is 29.3 Å². The van der Waals surface area contributed by atoms with Crippen LogP contribution in [0.25, 0.3) is 0 Å². The Morgan fingerprint density at radius 3 is 2.09 bits per heavy atom. The highest BCUT2D eigenvalue weighted by Crippen LogP contribution is 2.33. The molecule has 0 spiro atoms. The zero-order valence-electron chi connectivity index (χ0n) is 22.6. The van der Waals surface area contributed by atoms with Crippen LogP contribution in [-0.4, -0.2) is 44.8 Å². The molecule has 8 nitrogen and oxygen atoms in total. The van der Waals surface area contributed by atoms with Gasteiger partial charge in [-0.25, -0.2) is 0 Å². The lowest BCUT2D eigenvalue weighted by atomic mass is 9.84. The second-order valence-electron chi connectivity index (χ2n) is 10.1. The maximum Gasteiger partial charge on any atom is 0.305 e. The molecule has 0 aliphatic rings. The summed E-state index contributed by atoms with van der Waals surface area (Å²) >= 11 is 0. The normalized spacial score (nSPS) is 12.1. The number of hydrogen-bond donors (Lipinski definition) is 1. The van der Waals surface area contributed by atoms with Gasteiger partial charge in [-0.15, -0.1) is 0 Å². The fraction of sp³-hybridized carbons (Fsp3) is 0.704. The SMILES string of the molecule is CCOC(=O)CCCN(CCCC(=O)OCC)c1ccc(N=[NH2+])c(OCCC(C)CC(C)(C)C)c1. The van der Waals surface area contributed by atoms with Gasteiger partial charge in [-0.1, -0.05) is 27.7 Å². The summed E-state index contributed by atoms with van der Waals surface area (Å²) in [5.74, 6) is 0.766. The van der Waals surface area contributed by atoms with Crippen LogP contribution in [0.5, 0.6) is 5.75 Å². The van der Waals surface area contributed by atoms with Gasteiger partial charge in [0, 0.05) is 37.7 Å². The third-order valence-electron chi connectivity index (χ3n) is 5.51. The number of hydrogen-bond acceptors (Lipinski definition) is 7. The van der Waals surface area contributed by atoms with E-state index >= 15 is 0 Å². The summed E-state index contributed by atoms with van der Waals surface area (Å²) in [4.78, 5) is 25.7. The molecule has 1 rings (SSSR count). The predicted octanol–water partition coefficient (Wildman–Crippen LogP) is 4.86. The Bertz CT molecular complexity index is 768. The van der Waals surface area contributed by atoms with Gasteiger partial charge < -0.3 is 19.1 Å². The lowest BCUT2D eigenvalue weighted by molar-refractivity contribution is -0.210. The topological polar surface area (TPSA) is 103 Å². The van der Waals surface area contributed by atoms with Gasteiger partial charge in [0.2, 0.25) is 0 Å². The van der Waals surface area contributed by atoms with Gasteiger partial charge in [-0.05, 0) is 68.1 Å². The molecule has 2 N–H and O–H groups in total. The largest absolute Gasteiger partial charge is 0.491 e. The van der Waals surface area contributed by atoms with E-state index in [1.54, 1.807) is 13.8 Å². The average Bonchev–Trinajstić information content (AvgIpc) is 2.77. The summed E-state index contributed by atoms with van der Waals surface area (Å²) in [6.45, 7) is 15.2. The lowest BCUT2D eigenvalue weighted by Gasteiger charge is -2.26. The minimum atomic E-state index is -0.204. The number of ether oxygens (including phenoxy) is 3. The smallest absolute Gasteiger partial charge is 0.305 e. The quantitative estimate of drug-likeness (QED) is 0.246. The first-order valence-corrected chi connectivity index (χ1v) is 12.8. The third-order valence-corrected chi connectivity index (χ3v) is 5.51. The molecule has 0 aliphatic heterocycles. The summed E-state index contributed by atoms with van der Waals surface area (Å²) < 4.78 is 16.2. The molecular weight excluding hydrogens is 446 g/mol. The van der Waals surface area contributed by atoms with Crippen molar-refractivity contribution >= 4 is 23.3 Å². The first-order valence-electron chi connectivity index (χ1n) is 12.8. The summed E-state index contributed by atoms with van der Waals surface area (Å²) in [5.41, 5.74) is 7.41. The molecule has 8 heteroatoms. The zero-order chi connectivity index (χ0) is 26.3. The highest BCUT2D eigenvalue weighted by molar-refractivity contribution is 5.70. The van der Waals surface area contributed by atoms with Gasteiger partial charge in [0.15, 0.2) is 11.4 Å². The summed E-state index contributed by atoms with van der Waals surface area (Å²) in [6.07, 6.45) is 4.03. The van der Waals surface area contributed by atoms with Gasteiger partial charge in [0.05, 0.1) is 19.8 Å². The maximum absolute atomic E-state index is 11.8. The van der Waals surface area contributed by atoms with E-state index in [9.17, 15) is 9.59 Å². The van der Waals surface area contributed by atoms with Gasteiger partial charge >= 0.3 is 11.9 Å². The fourth-order valence-electron chi connectivity index (χ4n) is 4.10. The van der Waals surface area contributed by atoms with Crippen molar-refractivity contribution in [2.45, 2.75) is 80.1 Å². The fourth-order valence-corrected chi connectivity index (χ4v) is 4.10. The van der Waals surface area contributed by atoms with Crippen LogP contribution in [0.1, 0.15) is 80.1 Å². The van der Waals surface area contributed by atoms with E-state index in [1.807, 2.05) is 18.2 Å². The highest BCUT2D eigenvalue weighted by atomic mass is 16.5. The van der Waals surface area contributed by atoms with Crippen LogP contribution in [0.3, 0.4) is 0 Å². The van der Waals surface area contributed by atoms with E-state index in [1.165, 1.54) is 0 Å². The number of benzene rings is 1. The van der Waals surface area contributed by atoms with E-state index in [4.69, 9.17) is 19.7 Å². The molecule has 0 aliphatic carbocycles. The molecule has 0 bridgehead atoms. The molecule has 0 fully saturated rings. The van der Waals surface area contributed by atoms with Crippen molar-refractivity contribution in [1.82, 2.24) is 0 Å². The molecule has 1 aromatic carbocycles. The number of carbonyl (C=O) groups is 2. The maximum atomic E-state index is 11.8. The predicted molar refractivity (Wildman–Crippen MR) is 138 cm³/mol. The van der Waals surface area contributed by atoms with Crippen molar-refractivity contribution in [3.63, 3.8) is 0 Å². The molecule has 0 saturated heterocycles. The van der Waals surface area contributed by atoms with Gasteiger partial charge in [0.25, 0.3) is 0 Å². The number of nitrogens with two attached hydrogens (primary N) is 1. The third kappa shape index (κ3) is 13.1. The number of nitrogens with zero attached hydrogens (tertiary/aromatic N) is 2. The molecule has 1 unspecified atom stereocenters. The second-order valence-corrected chi connectivity index (χ2v) is 10.1. The van der Waals surface area contributed by atoms with Gasteiger partial charge in [0.1, 0.15) is 0 Å². The lowest BCUT2D eigenvalue weighted by Crippen LogP contribution is -2.27. The first-order chi connectivity index (χ1) is 16.6. The molecule has 198 valence electrons. The van der Waals surface area contributed by atoms with Crippen molar-refractivity contribution in [3.05, 3.63) is 18.2 Å². The zero-order valence-corrected chi connectivity index (χ0v) is 22.6. The van der Waals surface area contributed by atoms with Crippen LogP contribution < -0.4 is 15.2 Å². The Hall–Kier alpha value is -2.64. The standard InChI is InChI=1S/C27H45N3O5/c1-7-33-25(31)11-9-16-30(17-10-12-26(32)34-8-2)22-13-14-23(29-28)24(19-22)35-18-15-21(3)20-27(4,5)6/h13-14,19,21,28H,7-12,15-18,20H2,1-6H3/p+1. The van der Waals surface area contributed by atoms with Crippen LogP contribution in [0, 0.1) is 11.3 Å². The van der Waals surface area contributed by atoms with Crippen molar-refractivity contribution in [2.24, 2.45) is 16.4 Å². The molecule has 1 aromatic rings. The Morgan fingerprint density at radius 2 is 1.60 bits per heavy atom. The molecule has 0 aromatic heterocycles. The van der Waals surface area contributed by atoms with Crippen LogP contribution in [-0.2, 0) is 19.1 Å². The first kappa shape index (κ1) is 30.4. The van der Waals surface area contributed by atoms with Crippen molar-refractivity contribution in [2.75, 3.05) is 37.8 Å². The Labute approximate surface area is 211 Å². The molecule has 0 saturated carbocycles. The molecule has 0 heterocycles. The number of rotatable bonds is 17. The average molecular weight is 493 g/mol. The molecule has 0 amide bonds. The summed E-state index contributed by atoms with van der Waals surface area (Å²) in [6, 6.07) is 5.72. The minimum Gasteiger partial charge on any atom is -0.491 e. The second kappa shape index (κ2) is 16.1. The van der Waals surface area contributed by atoms with Crippen LogP contribution in [0.2, 0.25) is 0 Å². The highest BCUT2D eigenvalue weighted by Gasteiger charge is 2.17. The molecule has 35 heavy (non-hydrogen) atoms. The van der Waals surface area contributed by atoms with E-state index < -0.39 is 0 Å². The summed E-state index contributed by atoms with van der Waals surface area (Å²) in [7, 11) is 0. The van der Waals surface area contributed by atoms with Gasteiger partial charge in [-0.2, -0.15) is 5.53 Å². The number of anilines is 1. The van der Waals surface area contributed by atoms with E-state index in [0.29, 0.717) is 75.9 Å². The van der Waals surface area contributed by atoms with Gasteiger partial charge in [-0.3, -0.25) is 9.59 Å². The Kier molecular flexibility index (Phi) is 14.0. The van der Waals surface area contributed by atoms with Crippen LogP contribution in [0.4, 0.5) is 11.4 Å². The number of carbonyl (C=O) groups excluding carboxylic acids is 2. The van der Waals surface area contributed by atoms with Crippen LogP contribution in [0.15, 0.2) is 23.3 Å². The van der Waals surface area contributed by atoms with Crippen molar-refractivity contribution in [1.29, 1.82) is 0 Å². The minimum absolute atomic E-state index is 0.204. The van der Waals surface area contributed by atoms with E-state index in [0.717, 1.165) is 18.5 Å². The molecule has 1 atom stereocenters. The molecular formula is C27H46N3O5+. The van der Waals surface area contributed by atoms with E-state index in [2.05, 4.69) is 37.7 Å². The van der Waals surface area contributed by atoms with E-state index in [-0.39, 0.29) is 17.4 Å². The molecule has 0 radical (unpaired) electrons. The Balaban J connectivity index is 2.89. The van der Waals surface area contributed by atoms with Crippen molar-refractivity contribution in [3.8, 4) is 5.75 Å². The number of esters is 2. The van der Waals surface area contributed by atoms with Crippen LogP contribution >= 0.6 is 0 Å². The Morgan fingerprint density at radius 1 is 1.03 bits per heavy atom. The monoisotopic (exact) mass is 492 g/mol. The summed E-state index contributed by atoms with van der Waals surface area (Å²) in [5, 5.41) is 3.87.